The molecule has 2 aliphatic heterocycles. The number of anilines is 1. The number of hydrogen-bond acceptors (Lipinski definition) is 4. The summed E-state index contributed by atoms with van der Waals surface area (Å²) in [7, 11) is 0. The molecule has 0 radical (unpaired) electrons. The molecule has 0 amide bonds. The van der Waals surface area contributed by atoms with E-state index in [1.807, 2.05) is 6.07 Å². The molecule has 2 atom stereocenters. The molecule has 1 aromatic rings. The summed E-state index contributed by atoms with van der Waals surface area (Å²) < 4.78 is 5.52. The van der Waals surface area contributed by atoms with Gasteiger partial charge in [0.1, 0.15) is 17.3 Å². The van der Waals surface area contributed by atoms with Crippen molar-refractivity contribution >= 4 is 17.4 Å². The third-order valence-corrected chi connectivity index (χ3v) is 3.02. The van der Waals surface area contributed by atoms with Crippen LogP contribution in [0.3, 0.4) is 0 Å². The van der Waals surface area contributed by atoms with Gasteiger partial charge in [0.15, 0.2) is 0 Å². The van der Waals surface area contributed by atoms with Gasteiger partial charge in [0.25, 0.3) is 0 Å². The highest BCUT2D eigenvalue weighted by Gasteiger charge is 2.39. The SMILES string of the molecule is Clc1cc(N2C[C@H]3C[C@H]2CO3)ncn1. The molecule has 2 fully saturated rings. The fourth-order valence-electron chi connectivity index (χ4n) is 2.16. The van der Waals surface area contributed by atoms with Crippen LogP contribution in [0.25, 0.3) is 0 Å². The van der Waals surface area contributed by atoms with E-state index in [-0.39, 0.29) is 0 Å². The van der Waals surface area contributed by atoms with Crippen LogP contribution in [0.5, 0.6) is 0 Å². The Morgan fingerprint density at radius 2 is 2.43 bits per heavy atom. The third kappa shape index (κ3) is 1.26. The van der Waals surface area contributed by atoms with E-state index < -0.39 is 0 Å². The predicted octanol–water partition coefficient (Wildman–Crippen LogP) is 1.11. The van der Waals surface area contributed by atoms with E-state index in [9.17, 15) is 0 Å². The van der Waals surface area contributed by atoms with Crippen molar-refractivity contribution in [1.29, 1.82) is 0 Å². The second-order valence-electron chi connectivity index (χ2n) is 3.70. The Labute approximate surface area is 86.9 Å². The maximum Gasteiger partial charge on any atom is 0.134 e. The van der Waals surface area contributed by atoms with Crippen molar-refractivity contribution in [3.63, 3.8) is 0 Å². The largest absolute Gasteiger partial charge is 0.374 e. The van der Waals surface area contributed by atoms with Crippen LogP contribution in [0.2, 0.25) is 5.15 Å². The summed E-state index contributed by atoms with van der Waals surface area (Å²) in [5.41, 5.74) is 0. The zero-order valence-corrected chi connectivity index (χ0v) is 8.31. The number of rotatable bonds is 1. The first-order chi connectivity index (χ1) is 6.83. The maximum atomic E-state index is 5.82. The van der Waals surface area contributed by atoms with Crippen LogP contribution in [-0.2, 0) is 4.74 Å². The highest BCUT2D eigenvalue weighted by Crippen LogP contribution is 2.31. The van der Waals surface area contributed by atoms with Gasteiger partial charge in [-0.05, 0) is 6.42 Å². The summed E-state index contributed by atoms with van der Waals surface area (Å²) in [6.45, 7) is 1.74. The van der Waals surface area contributed by atoms with Gasteiger partial charge >= 0.3 is 0 Å². The quantitative estimate of drug-likeness (QED) is 0.653. The lowest BCUT2D eigenvalue weighted by atomic mass is 10.2. The molecule has 0 spiro atoms. The van der Waals surface area contributed by atoms with Crippen molar-refractivity contribution in [3.05, 3.63) is 17.5 Å². The van der Waals surface area contributed by atoms with Crippen molar-refractivity contribution in [2.45, 2.75) is 18.6 Å². The normalized spacial score (nSPS) is 29.9. The Morgan fingerprint density at radius 1 is 1.50 bits per heavy atom. The van der Waals surface area contributed by atoms with Crippen LogP contribution >= 0.6 is 11.6 Å². The Kier molecular flexibility index (Phi) is 1.85. The Morgan fingerprint density at radius 3 is 3.07 bits per heavy atom. The van der Waals surface area contributed by atoms with E-state index in [2.05, 4.69) is 14.9 Å². The van der Waals surface area contributed by atoms with Gasteiger partial charge in [-0.25, -0.2) is 9.97 Å². The highest BCUT2D eigenvalue weighted by molar-refractivity contribution is 6.29. The van der Waals surface area contributed by atoms with Crippen molar-refractivity contribution in [2.24, 2.45) is 0 Å². The minimum absolute atomic E-state index is 0.383. The van der Waals surface area contributed by atoms with Gasteiger partial charge in [-0.1, -0.05) is 11.6 Å². The first-order valence-electron chi connectivity index (χ1n) is 4.69. The Bertz CT molecular complexity index is 360. The van der Waals surface area contributed by atoms with E-state index in [1.54, 1.807) is 0 Å². The van der Waals surface area contributed by atoms with Gasteiger partial charge in [-0.15, -0.1) is 0 Å². The van der Waals surface area contributed by atoms with Crippen molar-refractivity contribution in [2.75, 3.05) is 18.1 Å². The molecule has 4 nitrogen and oxygen atoms in total. The van der Waals surface area contributed by atoms with E-state index in [1.165, 1.54) is 6.33 Å². The molecule has 14 heavy (non-hydrogen) atoms. The minimum atomic E-state index is 0.383. The van der Waals surface area contributed by atoms with Gasteiger partial charge in [0.05, 0.1) is 18.8 Å². The van der Waals surface area contributed by atoms with Crippen LogP contribution < -0.4 is 4.90 Å². The Balaban J connectivity index is 1.89. The molecule has 74 valence electrons. The number of aromatic nitrogens is 2. The van der Waals surface area contributed by atoms with Crippen LogP contribution in [0.1, 0.15) is 6.42 Å². The minimum Gasteiger partial charge on any atom is -0.374 e. The summed E-state index contributed by atoms with van der Waals surface area (Å²) in [6.07, 6.45) is 3.00. The molecule has 0 N–H and O–H groups in total. The highest BCUT2D eigenvalue weighted by atomic mass is 35.5. The molecule has 1 aromatic heterocycles. The molecule has 2 bridgehead atoms. The van der Waals surface area contributed by atoms with Gasteiger partial charge in [-0.2, -0.15) is 0 Å². The van der Waals surface area contributed by atoms with Crippen LogP contribution in [0.4, 0.5) is 5.82 Å². The number of fused-ring (bicyclic) bond motifs is 2. The fraction of sp³-hybridized carbons (Fsp3) is 0.556. The molecule has 0 aromatic carbocycles. The Hall–Kier alpha value is -0.870. The molecule has 2 saturated heterocycles. The first-order valence-corrected chi connectivity index (χ1v) is 5.06. The number of ether oxygens (including phenoxy) is 1. The lowest BCUT2D eigenvalue weighted by molar-refractivity contribution is 0.0989. The van der Waals surface area contributed by atoms with Gasteiger partial charge in [-0.3, -0.25) is 0 Å². The predicted molar refractivity (Wildman–Crippen MR) is 52.5 cm³/mol. The van der Waals surface area contributed by atoms with Gasteiger partial charge in [0.2, 0.25) is 0 Å². The summed E-state index contributed by atoms with van der Waals surface area (Å²) in [5, 5.41) is 0.499. The number of halogens is 1. The van der Waals surface area contributed by atoms with E-state index in [0.29, 0.717) is 17.3 Å². The van der Waals surface area contributed by atoms with Crippen LogP contribution in [0.15, 0.2) is 12.4 Å². The maximum absolute atomic E-state index is 5.82. The topological polar surface area (TPSA) is 38.2 Å². The monoisotopic (exact) mass is 211 g/mol. The smallest absolute Gasteiger partial charge is 0.134 e. The molecular weight excluding hydrogens is 202 g/mol. The lowest BCUT2D eigenvalue weighted by Crippen LogP contribution is -2.37. The zero-order chi connectivity index (χ0) is 9.54. The fourth-order valence-corrected chi connectivity index (χ4v) is 2.30. The van der Waals surface area contributed by atoms with E-state index in [4.69, 9.17) is 16.3 Å². The standard InChI is InChI=1S/C9H10ClN3O/c10-8-2-9(12-5-11-8)13-3-7-1-6(13)4-14-7/h2,5-7H,1,3-4H2/t6-,7+/m0/s1. The lowest BCUT2D eigenvalue weighted by Gasteiger charge is -2.27. The molecular formula is C9H10ClN3O. The van der Waals surface area contributed by atoms with Gasteiger partial charge in [0, 0.05) is 12.6 Å². The average molecular weight is 212 g/mol. The molecule has 3 rings (SSSR count). The molecule has 0 aliphatic carbocycles. The summed E-state index contributed by atoms with van der Waals surface area (Å²) in [6, 6.07) is 2.29. The molecule has 0 saturated carbocycles. The molecule has 3 heterocycles. The van der Waals surface area contributed by atoms with Crippen molar-refractivity contribution in [1.82, 2.24) is 9.97 Å². The zero-order valence-electron chi connectivity index (χ0n) is 7.56. The van der Waals surface area contributed by atoms with E-state index >= 15 is 0 Å². The number of morpholine rings is 1. The summed E-state index contributed by atoms with van der Waals surface area (Å²) in [5.74, 6) is 0.917. The molecule has 0 unspecified atom stereocenters. The van der Waals surface area contributed by atoms with E-state index in [0.717, 1.165) is 25.4 Å². The summed E-state index contributed by atoms with van der Waals surface area (Å²) in [4.78, 5) is 10.3. The average Bonchev–Trinajstić information content (AvgIpc) is 2.78. The number of nitrogens with zero attached hydrogens (tertiary/aromatic N) is 3. The first kappa shape index (κ1) is 8.44. The van der Waals surface area contributed by atoms with Crippen molar-refractivity contribution in [3.8, 4) is 0 Å². The number of hydrogen-bond donors (Lipinski definition) is 0. The second kappa shape index (κ2) is 3.07. The molecule has 2 aliphatic rings. The van der Waals surface area contributed by atoms with Crippen molar-refractivity contribution < 1.29 is 4.74 Å². The third-order valence-electron chi connectivity index (χ3n) is 2.81. The van der Waals surface area contributed by atoms with Gasteiger partial charge < -0.3 is 9.64 Å². The molecule has 5 heteroatoms. The second-order valence-corrected chi connectivity index (χ2v) is 4.08. The van der Waals surface area contributed by atoms with Crippen LogP contribution in [0, 0.1) is 0 Å². The van der Waals surface area contributed by atoms with Crippen LogP contribution in [-0.4, -0.2) is 35.3 Å². The summed E-state index contributed by atoms with van der Waals surface area (Å²) >= 11 is 5.82.